The first-order chi connectivity index (χ1) is 15.0. The van der Waals surface area contributed by atoms with E-state index in [2.05, 4.69) is 16.5 Å². The number of nitrogens with one attached hydrogen (secondary N) is 1. The molecule has 3 aromatic rings. The molecule has 1 aromatic heterocycles. The van der Waals surface area contributed by atoms with Crippen LogP contribution in [-0.2, 0) is 6.54 Å². The summed E-state index contributed by atoms with van der Waals surface area (Å²) in [5, 5.41) is 18.2. The van der Waals surface area contributed by atoms with Crippen molar-refractivity contribution in [2.75, 3.05) is 18.4 Å². The maximum absolute atomic E-state index is 12.8. The van der Waals surface area contributed by atoms with E-state index in [0.29, 0.717) is 19.6 Å². The average molecular weight is 419 g/mol. The number of hydrogen-bond acceptors (Lipinski definition) is 3. The Balaban J connectivity index is 1.32. The first-order valence-corrected chi connectivity index (χ1v) is 10.9. The van der Waals surface area contributed by atoms with Gasteiger partial charge in [-0.15, -0.1) is 0 Å². The van der Waals surface area contributed by atoms with E-state index in [4.69, 9.17) is 0 Å². The van der Waals surface area contributed by atoms with Crippen molar-refractivity contribution in [1.82, 2.24) is 14.7 Å². The van der Waals surface area contributed by atoms with Gasteiger partial charge in [0.05, 0.1) is 18.3 Å². The molecule has 0 saturated carbocycles. The summed E-state index contributed by atoms with van der Waals surface area (Å²) in [7, 11) is 0. The van der Waals surface area contributed by atoms with Crippen LogP contribution in [-0.4, -0.2) is 38.9 Å². The van der Waals surface area contributed by atoms with Crippen molar-refractivity contribution in [2.45, 2.75) is 39.3 Å². The van der Waals surface area contributed by atoms with E-state index in [9.17, 15) is 9.90 Å². The standard InChI is InChI=1S/C25H30N4O2/c1-18-15-19(2)29(27-18)17-20-7-6-10-23(16-20)26-25(31)28-13-11-22(12-14-28)24(30)21-8-4-3-5-9-21/h3-10,15-16,22,24,30H,11-14,17H2,1-2H3,(H,26,31). The number of anilines is 1. The van der Waals surface area contributed by atoms with Crippen LogP contribution in [0.5, 0.6) is 0 Å². The molecule has 0 radical (unpaired) electrons. The third kappa shape index (κ3) is 5.14. The number of likely N-dealkylation sites (tertiary alicyclic amines) is 1. The van der Waals surface area contributed by atoms with Crippen molar-refractivity contribution in [3.63, 3.8) is 0 Å². The highest BCUT2D eigenvalue weighted by Gasteiger charge is 2.28. The summed E-state index contributed by atoms with van der Waals surface area (Å²) >= 11 is 0. The number of aryl methyl sites for hydroxylation is 2. The number of aliphatic hydroxyl groups excluding tert-OH is 1. The van der Waals surface area contributed by atoms with Gasteiger partial charge in [0.1, 0.15) is 0 Å². The number of hydrogen-bond donors (Lipinski definition) is 2. The molecule has 6 nitrogen and oxygen atoms in total. The van der Waals surface area contributed by atoms with Crippen LogP contribution in [0, 0.1) is 19.8 Å². The molecular weight excluding hydrogens is 388 g/mol. The molecule has 0 aliphatic carbocycles. The number of benzene rings is 2. The third-order valence-electron chi connectivity index (χ3n) is 6.03. The zero-order chi connectivity index (χ0) is 21.8. The van der Waals surface area contributed by atoms with Crippen molar-refractivity contribution in [2.24, 2.45) is 5.92 Å². The highest BCUT2D eigenvalue weighted by Crippen LogP contribution is 2.30. The molecule has 6 heteroatoms. The molecule has 0 spiro atoms. The van der Waals surface area contributed by atoms with Gasteiger partial charge in [-0.3, -0.25) is 4.68 Å². The van der Waals surface area contributed by atoms with E-state index < -0.39 is 6.10 Å². The lowest BCUT2D eigenvalue weighted by atomic mass is 9.87. The van der Waals surface area contributed by atoms with Crippen molar-refractivity contribution in [3.05, 3.63) is 83.2 Å². The topological polar surface area (TPSA) is 70.4 Å². The van der Waals surface area contributed by atoms with Crippen molar-refractivity contribution < 1.29 is 9.90 Å². The highest BCUT2D eigenvalue weighted by molar-refractivity contribution is 5.89. The Morgan fingerprint density at radius 2 is 1.84 bits per heavy atom. The van der Waals surface area contributed by atoms with Crippen LogP contribution in [0.25, 0.3) is 0 Å². The third-order valence-corrected chi connectivity index (χ3v) is 6.03. The van der Waals surface area contributed by atoms with Gasteiger partial charge < -0.3 is 15.3 Å². The molecule has 1 fully saturated rings. The van der Waals surface area contributed by atoms with Crippen LogP contribution < -0.4 is 5.32 Å². The van der Waals surface area contributed by atoms with Crippen LogP contribution in [0.3, 0.4) is 0 Å². The molecule has 0 bridgehead atoms. The SMILES string of the molecule is Cc1cc(C)n(Cc2cccc(NC(=O)N3CCC(C(O)c4ccccc4)CC3)c2)n1. The zero-order valence-electron chi connectivity index (χ0n) is 18.2. The van der Waals surface area contributed by atoms with E-state index in [1.807, 2.05) is 78.0 Å². The quantitative estimate of drug-likeness (QED) is 0.640. The Bertz CT molecular complexity index is 1020. The van der Waals surface area contributed by atoms with Gasteiger partial charge in [0.15, 0.2) is 0 Å². The number of carbonyl (C=O) groups excluding carboxylic acids is 1. The number of piperidine rings is 1. The normalized spacial score (nSPS) is 15.6. The second-order valence-corrected chi connectivity index (χ2v) is 8.40. The van der Waals surface area contributed by atoms with Gasteiger partial charge in [-0.2, -0.15) is 5.10 Å². The summed E-state index contributed by atoms with van der Waals surface area (Å²) in [6.45, 7) is 6.00. The second kappa shape index (κ2) is 9.35. The Morgan fingerprint density at radius 3 is 2.52 bits per heavy atom. The van der Waals surface area contributed by atoms with Gasteiger partial charge in [0, 0.05) is 24.5 Å². The van der Waals surface area contributed by atoms with E-state index in [1.165, 1.54) is 0 Å². The molecular formula is C25H30N4O2. The number of carbonyl (C=O) groups is 1. The Hall–Kier alpha value is -3.12. The van der Waals surface area contributed by atoms with Crippen molar-refractivity contribution in [1.29, 1.82) is 0 Å². The predicted molar refractivity (Wildman–Crippen MR) is 122 cm³/mol. The van der Waals surface area contributed by atoms with Gasteiger partial charge in [-0.05, 0) is 61.9 Å². The number of aromatic nitrogens is 2. The van der Waals surface area contributed by atoms with E-state index in [1.54, 1.807) is 0 Å². The fraction of sp³-hybridized carbons (Fsp3) is 0.360. The Kier molecular flexibility index (Phi) is 6.37. The number of urea groups is 1. The summed E-state index contributed by atoms with van der Waals surface area (Å²) in [5.74, 6) is 0.176. The average Bonchev–Trinajstić information content (AvgIpc) is 3.10. The minimum atomic E-state index is -0.475. The molecule has 2 aromatic carbocycles. The molecule has 1 atom stereocenters. The fourth-order valence-electron chi connectivity index (χ4n) is 4.30. The fourth-order valence-corrected chi connectivity index (χ4v) is 4.30. The van der Waals surface area contributed by atoms with E-state index >= 15 is 0 Å². The molecule has 2 heterocycles. The Morgan fingerprint density at radius 1 is 1.10 bits per heavy atom. The molecule has 1 unspecified atom stereocenters. The maximum atomic E-state index is 12.8. The lowest BCUT2D eigenvalue weighted by Crippen LogP contribution is -2.42. The summed E-state index contributed by atoms with van der Waals surface area (Å²) < 4.78 is 1.97. The van der Waals surface area contributed by atoms with E-state index in [-0.39, 0.29) is 11.9 Å². The second-order valence-electron chi connectivity index (χ2n) is 8.40. The van der Waals surface area contributed by atoms with Gasteiger partial charge in [-0.1, -0.05) is 42.5 Å². The van der Waals surface area contributed by atoms with Crippen molar-refractivity contribution in [3.8, 4) is 0 Å². The molecule has 31 heavy (non-hydrogen) atoms. The van der Waals surface area contributed by atoms with Crippen molar-refractivity contribution >= 4 is 11.7 Å². The highest BCUT2D eigenvalue weighted by atomic mass is 16.3. The predicted octanol–water partition coefficient (Wildman–Crippen LogP) is 4.53. The van der Waals surface area contributed by atoms with Gasteiger partial charge >= 0.3 is 6.03 Å². The smallest absolute Gasteiger partial charge is 0.321 e. The van der Waals surface area contributed by atoms with Crippen LogP contribution in [0.1, 0.15) is 41.5 Å². The number of rotatable bonds is 5. The Labute approximate surface area is 183 Å². The summed E-state index contributed by atoms with van der Waals surface area (Å²) in [6, 6.07) is 19.7. The minimum absolute atomic E-state index is 0.0871. The molecule has 162 valence electrons. The number of amides is 2. The summed E-state index contributed by atoms with van der Waals surface area (Å²) in [4.78, 5) is 14.6. The number of aliphatic hydroxyl groups is 1. The maximum Gasteiger partial charge on any atom is 0.321 e. The van der Waals surface area contributed by atoms with Crippen LogP contribution in [0.2, 0.25) is 0 Å². The molecule has 1 saturated heterocycles. The lowest BCUT2D eigenvalue weighted by Gasteiger charge is -2.34. The molecule has 1 aliphatic rings. The molecule has 4 rings (SSSR count). The first kappa shape index (κ1) is 21.1. The summed E-state index contributed by atoms with van der Waals surface area (Å²) in [5.41, 5.74) is 4.95. The van der Waals surface area contributed by atoms with Gasteiger partial charge in [0.25, 0.3) is 0 Å². The molecule has 1 aliphatic heterocycles. The summed E-state index contributed by atoms with van der Waals surface area (Å²) in [6.07, 6.45) is 1.11. The minimum Gasteiger partial charge on any atom is -0.388 e. The lowest BCUT2D eigenvalue weighted by molar-refractivity contribution is 0.0683. The van der Waals surface area contributed by atoms with Gasteiger partial charge in [0.2, 0.25) is 0 Å². The van der Waals surface area contributed by atoms with E-state index in [0.717, 1.165) is 41.0 Å². The number of nitrogens with zero attached hydrogens (tertiary/aromatic N) is 3. The van der Waals surface area contributed by atoms with Crippen LogP contribution in [0.4, 0.5) is 10.5 Å². The molecule has 2 N–H and O–H groups in total. The molecule has 2 amide bonds. The monoisotopic (exact) mass is 418 g/mol. The van der Waals surface area contributed by atoms with Crippen LogP contribution >= 0.6 is 0 Å². The largest absolute Gasteiger partial charge is 0.388 e. The zero-order valence-corrected chi connectivity index (χ0v) is 18.2. The van der Waals surface area contributed by atoms with Crippen LogP contribution in [0.15, 0.2) is 60.7 Å². The first-order valence-electron chi connectivity index (χ1n) is 10.9. The van der Waals surface area contributed by atoms with Gasteiger partial charge in [-0.25, -0.2) is 4.79 Å².